The van der Waals surface area contributed by atoms with Gasteiger partial charge in [0.05, 0.1) is 5.56 Å². The second kappa shape index (κ2) is 8.54. The number of benzene rings is 1. The molecule has 2 unspecified atom stereocenters. The fraction of sp³-hybridized carbons (Fsp3) is 0.182. The molecule has 0 fully saturated rings. The van der Waals surface area contributed by atoms with Gasteiger partial charge in [-0.05, 0) is 12.1 Å². The van der Waals surface area contributed by atoms with Crippen molar-refractivity contribution in [3.63, 3.8) is 0 Å². The summed E-state index contributed by atoms with van der Waals surface area (Å²) in [5.74, 6) is -4.37. The maximum atomic E-state index is 11.4. The van der Waals surface area contributed by atoms with Crippen LogP contribution in [0.1, 0.15) is 10.4 Å². The number of aliphatic hydroxyl groups is 2. The number of carbonyl (C=O) groups excluding carboxylic acids is 2. The van der Waals surface area contributed by atoms with Gasteiger partial charge in [-0.25, -0.2) is 14.4 Å². The summed E-state index contributed by atoms with van der Waals surface area (Å²) in [5.41, 5.74) is 0.0582. The minimum absolute atomic E-state index is 0. The van der Waals surface area contributed by atoms with Gasteiger partial charge < -0.3 is 20.1 Å². The molecule has 0 aromatic heterocycles. The first kappa shape index (κ1) is 18.4. The van der Waals surface area contributed by atoms with Crippen LogP contribution in [-0.2, 0) is 14.3 Å². The molecule has 97 valence electrons. The Morgan fingerprint density at radius 3 is 2.00 bits per heavy atom. The van der Waals surface area contributed by atoms with Crippen molar-refractivity contribution in [1.82, 2.24) is 0 Å². The van der Waals surface area contributed by atoms with E-state index in [9.17, 15) is 14.4 Å². The molecule has 1 radical (unpaired) electrons. The molecule has 2 atom stereocenters. The van der Waals surface area contributed by atoms with E-state index in [1.165, 1.54) is 24.3 Å². The first-order valence-electron chi connectivity index (χ1n) is 4.83. The molecule has 0 heterocycles. The van der Waals surface area contributed by atoms with Crippen molar-refractivity contribution in [3.05, 3.63) is 35.9 Å². The molecule has 19 heavy (non-hydrogen) atoms. The molecular formula is C11H10KO7. The summed E-state index contributed by atoms with van der Waals surface area (Å²) in [5, 5.41) is 26.3. The zero-order valence-electron chi connectivity index (χ0n) is 10.0. The molecular weight excluding hydrogens is 283 g/mol. The van der Waals surface area contributed by atoms with Gasteiger partial charge in [0.2, 0.25) is 0 Å². The monoisotopic (exact) mass is 293 g/mol. The van der Waals surface area contributed by atoms with E-state index in [1.54, 1.807) is 6.07 Å². The number of ether oxygens (including phenoxy) is 1. The second-order valence-corrected chi connectivity index (χ2v) is 3.30. The molecule has 8 heteroatoms. The van der Waals surface area contributed by atoms with Gasteiger partial charge in [0.25, 0.3) is 0 Å². The van der Waals surface area contributed by atoms with Crippen molar-refractivity contribution < 1.29 is 34.4 Å². The van der Waals surface area contributed by atoms with Crippen LogP contribution in [0.3, 0.4) is 0 Å². The van der Waals surface area contributed by atoms with Gasteiger partial charge in [-0.2, -0.15) is 0 Å². The van der Waals surface area contributed by atoms with Gasteiger partial charge in [0.15, 0.2) is 12.2 Å². The van der Waals surface area contributed by atoms with Crippen LogP contribution in [0, 0.1) is 0 Å². The maximum Gasteiger partial charge on any atom is 0.346 e. The third kappa shape index (κ3) is 5.49. The van der Waals surface area contributed by atoms with Gasteiger partial charge in [-0.3, -0.25) is 0 Å². The summed E-state index contributed by atoms with van der Waals surface area (Å²) >= 11 is 0. The van der Waals surface area contributed by atoms with Crippen LogP contribution >= 0.6 is 0 Å². The van der Waals surface area contributed by atoms with E-state index in [0.29, 0.717) is 0 Å². The molecule has 7 nitrogen and oxygen atoms in total. The van der Waals surface area contributed by atoms with Crippen LogP contribution in [0.15, 0.2) is 30.3 Å². The van der Waals surface area contributed by atoms with E-state index < -0.39 is 30.1 Å². The van der Waals surface area contributed by atoms with Crippen molar-refractivity contribution in [2.24, 2.45) is 0 Å². The van der Waals surface area contributed by atoms with Crippen molar-refractivity contribution in [2.75, 3.05) is 0 Å². The maximum absolute atomic E-state index is 11.4. The topological polar surface area (TPSA) is 121 Å². The van der Waals surface area contributed by atoms with E-state index in [4.69, 9.17) is 15.3 Å². The summed E-state index contributed by atoms with van der Waals surface area (Å²) in [4.78, 5) is 32.8. The number of carboxylic acid groups (broad SMARTS) is 1. The third-order valence-corrected chi connectivity index (χ3v) is 2.00. The molecule has 0 aliphatic rings. The Kier molecular flexibility index (Phi) is 8.26. The van der Waals surface area contributed by atoms with Crippen molar-refractivity contribution in [3.8, 4) is 0 Å². The summed E-state index contributed by atoms with van der Waals surface area (Å²) < 4.78 is 4.22. The summed E-state index contributed by atoms with van der Waals surface area (Å²) in [6.45, 7) is 0. The molecule has 0 aliphatic carbocycles. The molecule has 0 aliphatic heterocycles. The Hall–Kier alpha value is -0.614. The number of carboxylic acids is 1. The molecule has 0 saturated carbocycles. The molecule has 0 bridgehead atoms. The van der Waals surface area contributed by atoms with Crippen LogP contribution in [0.4, 0.5) is 0 Å². The SMILES string of the molecule is O=C(OC(=O)C(O)C(O)C(=O)O)c1ccccc1.[K]. The first-order valence-corrected chi connectivity index (χ1v) is 4.83. The molecule has 1 rings (SSSR count). The Balaban J connectivity index is 0.00000324. The summed E-state index contributed by atoms with van der Waals surface area (Å²) in [7, 11) is 0. The number of aliphatic carboxylic acids is 1. The molecule has 0 saturated heterocycles. The second-order valence-electron chi connectivity index (χ2n) is 3.30. The average molecular weight is 293 g/mol. The first-order chi connectivity index (χ1) is 8.43. The number of hydrogen-bond donors (Lipinski definition) is 3. The quantitative estimate of drug-likeness (QED) is 0.362. The van der Waals surface area contributed by atoms with Gasteiger partial charge in [0, 0.05) is 51.4 Å². The van der Waals surface area contributed by atoms with E-state index in [-0.39, 0.29) is 56.9 Å². The number of carbonyl (C=O) groups is 3. The van der Waals surface area contributed by atoms with Gasteiger partial charge in [-0.1, -0.05) is 18.2 Å². The predicted octanol–water partition coefficient (Wildman–Crippen LogP) is -1.20. The standard InChI is InChI=1S/C11H10O7.K/c12-7(9(14)15)8(13)11(17)18-10(16)6-4-2-1-3-5-6;/h1-5,7-8,12-13H,(H,14,15);. The summed E-state index contributed by atoms with van der Waals surface area (Å²) in [6.07, 6.45) is -4.67. The van der Waals surface area contributed by atoms with Crippen LogP contribution in [0.2, 0.25) is 0 Å². The fourth-order valence-electron chi connectivity index (χ4n) is 1.05. The minimum Gasteiger partial charge on any atom is -0.479 e. The number of hydrogen-bond acceptors (Lipinski definition) is 6. The molecule has 0 spiro atoms. The van der Waals surface area contributed by atoms with Gasteiger partial charge in [0.1, 0.15) is 0 Å². The Morgan fingerprint density at radius 2 is 1.53 bits per heavy atom. The van der Waals surface area contributed by atoms with Crippen LogP contribution < -0.4 is 0 Å². The normalized spacial score (nSPS) is 12.7. The Bertz CT molecular complexity index is 459. The molecule has 3 N–H and O–H groups in total. The Labute approximate surface area is 150 Å². The van der Waals surface area contributed by atoms with E-state index in [0.717, 1.165) is 0 Å². The minimum atomic E-state index is -2.35. The molecule has 1 aromatic carbocycles. The van der Waals surface area contributed by atoms with E-state index in [2.05, 4.69) is 4.74 Å². The average Bonchev–Trinajstić information content (AvgIpc) is 2.37. The largest absolute Gasteiger partial charge is 0.479 e. The zero-order valence-corrected chi connectivity index (χ0v) is 13.1. The predicted molar refractivity (Wildman–Crippen MR) is 62.3 cm³/mol. The van der Waals surface area contributed by atoms with Crippen molar-refractivity contribution >= 4 is 69.3 Å². The smallest absolute Gasteiger partial charge is 0.346 e. The van der Waals surface area contributed by atoms with Crippen LogP contribution in [0.25, 0.3) is 0 Å². The molecule has 0 amide bonds. The van der Waals surface area contributed by atoms with E-state index >= 15 is 0 Å². The van der Waals surface area contributed by atoms with Crippen LogP contribution in [0.5, 0.6) is 0 Å². The number of rotatable bonds is 4. The zero-order chi connectivity index (χ0) is 13.7. The molecule has 1 aromatic rings. The van der Waals surface area contributed by atoms with Gasteiger partial charge in [-0.15, -0.1) is 0 Å². The van der Waals surface area contributed by atoms with Crippen LogP contribution in [-0.4, -0.2) is 96.8 Å². The number of esters is 2. The van der Waals surface area contributed by atoms with E-state index in [1.807, 2.05) is 0 Å². The Morgan fingerprint density at radius 1 is 1.00 bits per heavy atom. The number of aliphatic hydroxyl groups excluding tert-OH is 2. The fourth-order valence-corrected chi connectivity index (χ4v) is 1.05. The van der Waals surface area contributed by atoms with Crippen molar-refractivity contribution in [1.29, 1.82) is 0 Å². The third-order valence-electron chi connectivity index (χ3n) is 2.00. The van der Waals surface area contributed by atoms with Crippen molar-refractivity contribution in [2.45, 2.75) is 12.2 Å². The summed E-state index contributed by atoms with van der Waals surface area (Å²) in [6, 6.07) is 7.44. The van der Waals surface area contributed by atoms with Gasteiger partial charge >= 0.3 is 17.9 Å².